The van der Waals surface area contributed by atoms with Crippen LogP contribution in [0.25, 0.3) is 0 Å². The second kappa shape index (κ2) is 7.55. The fourth-order valence-electron chi connectivity index (χ4n) is 1.62. The minimum absolute atomic E-state index is 0.105. The molecule has 0 unspecified atom stereocenters. The maximum Gasteiger partial charge on any atom is 0.304 e. The molecule has 0 radical (unpaired) electrons. The second-order valence-corrected chi connectivity index (χ2v) is 3.70. The van der Waals surface area contributed by atoms with E-state index < -0.39 is 5.97 Å². The number of hydrogen-bond donors (Lipinski definition) is 2. The van der Waals surface area contributed by atoms with E-state index in [1.165, 1.54) is 0 Å². The van der Waals surface area contributed by atoms with E-state index in [4.69, 9.17) is 14.6 Å². The van der Waals surface area contributed by atoms with Crippen LogP contribution in [0.2, 0.25) is 0 Å². The molecule has 100 valence electrons. The summed E-state index contributed by atoms with van der Waals surface area (Å²) in [5.41, 5.74) is 0.953. The van der Waals surface area contributed by atoms with Crippen LogP contribution >= 0.6 is 0 Å². The third-order valence-electron chi connectivity index (χ3n) is 2.40. The molecule has 0 aromatic heterocycles. The third kappa shape index (κ3) is 4.25. The van der Waals surface area contributed by atoms with Crippen molar-refractivity contribution in [3.05, 3.63) is 23.8 Å². The fraction of sp³-hybridized carbons (Fsp3) is 0.462. The monoisotopic (exact) mass is 253 g/mol. The molecule has 0 aliphatic heterocycles. The van der Waals surface area contributed by atoms with Gasteiger partial charge in [-0.1, -0.05) is 12.1 Å². The summed E-state index contributed by atoms with van der Waals surface area (Å²) >= 11 is 0. The van der Waals surface area contributed by atoms with Crippen LogP contribution in [-0.4, -0.2) is 31.3 Å². The highest BCUT2D eigenvalue weighted by atomic mass is 16.5. The van der Waals surface area contributed by atoms with Crippen LogP contribution < -0.4 is 14.8 Å². The normalized spacial score (nSPS) is 10.1. The SMILES string of the molecule is CCOc1cccc(CNCCC(=O)O)c1OC. The number of carboxylic acids is 1. The van der Waals surface area contributed by atoms with Gasteiger partial charge in [-0.15, -0.1) is 0 Å². The van der Waals surface area contributed by atoms with E-state index in [0.717, 1.165) is 5.56 Å². The van der Waals surface area contributed by atoms with Crippen molar-refractivity contribution in [3.8, 4) is 11.5 Å². The van der Waals surface area contributed by atoms with Gasteiger partial charge in [0.25, 0.3) is 0 Å². The maximum absolute atomic E-state index is 10.4. The zero-order valence-electron chi connectivity index (χ0n) is 10.7. The summed E-state index contributed by atoms with van der Waals surface area (Å²) in [4.78, 5) is 10.4. The Balaban J connectivity index is 2.63. The largest absolute Gasteiger partial charge is 0.493 e. The van der Waals surface area contributed by atoms with Crippen molar-refractivity contribution in [1.29, 1.82) is 0 Å². The molecule has 18 heavy (non-hydrogen) atoms. The number of para-hydroxylation sites is 1. The molecule has 1 aromatic rings. The highest BCUT2D eigenvalue weighted by Crippen LogP contribution is 2.30. The molecule has 0 atom stereocenters. The number of ether oxygens (including phenoxy) is 2. The van der Waals surface area contributed by atoms with Crippen molar-refractivity contribution in [1.82, 2.24) is 5.32 Å². The van der Waals surface area contributed by atoms with E-state index in [1.54, 1.807) is 7.11 Å². The lowest BCUT2D eigenvalue weighted by atomic mass is 10.2. The van der Waals surface area contributed by atoms with Crippen molar-refractivity contribution < 1.29 is 19.4 Å². The van der Waals surface area contributed by atoms with Crippen molar-refractivity contribution >= 4 is 5.97 Å². The van der Waals surface area contributed by atoms with Crippen molar-refractivity contribution in [2.75, 3.05) is 20.3 Å². The minimum Gasteiger partial charge on any atom is -0.493 e. The topological polar surface area (TPSA) is 67.8 Å². The number of carboxylic acid groups (broad SMARTS) is 1. The molecule has 0 saturated carbocycles. The lowest BCUT2D eigenvalue weighted by Crippen LogP contribution is -2.18. The van der Waals surface area contributed by atoms with Crippen LogP contribution in [0.15, 0.2) is 18.2 Å². The Morgan fingerprint density at radius 3 is 2.83 bits per heavy atom. The molecule has 0 fully saturated rings. The maximum atomic E-state index is 10.4. The number of carbonyl (C=O) groups is 1. The van der Waals surface area contributed by atoms with Gasteiger partial charge >= 0.3 is 5.97 Å². The Kier molecular flexibility index (Phi) is 6.00. The van der Waals surface area contributed by atoms with E-state index in [0.29, 0.717) is 31.2 Å². The Morgan fingerprint density at radius 1 is 1.44 bits per heavy atom. The van der Waals surface area contributed by atoms with Gasteiger partial charge in [-0.25, -0.2) is 0 Å². The Bertz CT molecular complexity index is 393. The summed E-state index contributed by atoms with van der Waals surface area (Å²) in [6, 6.07) is 5.67. The Morgan fingerprint density at radius 2 is 2.22 bits per heavy atom. The molecule has 0 saturated heterocycles. The minimum atomic E-state index is -0.808. The molecule has 0 aliphatic carbocycles. The first kappa shape index (κ1) is 14.3. The van der Waals surface area contributed by atoms with Crippen molar-refractivity contribution in [2.45, 2.75) is 19.9 Å². The third-order valence-corrected chi connectivity index (χ3v) is 2.40. The number of methoxy groups -OCH3 is 1. The second-order valence-electron chi connectivity index (χ2n) is 3.70. The average Bonchev–Trinajstić information content (AvgIpc) is 2.35. The summed E-state index contributed by atoms with van der Waals surface area (Å²) in [6.07, 6.45) is 0.105. The average molecular weight is 253 g/mol. The molecule has 0 spiro atoms. The van der Waals surface area contributed by atoms with Crippen LogP contribution in [0.5, 0.6) is 11.5 Å². The fourth-order valence-corrected chi connectivity index (χ4v) is 1.62. The zero-order valence-corrected chi connectivity index (χ0v) is 10.7. The van der Waals surface area contributed by atoms with Gasteiger partial charge in [-0.2, -0.15) is 0 Å². The lowest BCUT2D eigenvalue weighted by molar-refractivity contribution is -0.136. The standard InChI is InChI=1S/C13H19NO4/c1-3-18-11-6-4-5-10(13(11)17-2)9-14-8-7-12(15)16/h4-6,14H,3,7-9H2,1-2H3,(H,15,16). The molecule has 1 rings (SSSR count). The quantitative estimate of drug-likeness (QED) is 0.690. The molecule has 0 amide bonds. The molecule has 2 N–H and O–H groups in total. The summed E-state index contributed by atoms with van der Waals surface area (Å²) in [5.74, 6) is 0.595. The van der Waals surface area contributed by atoms with Crippen LogP contribution in [0.1, 0.15) is 18.9 Å². The van der Waals surface area contributed by atoms with E-state index in [2.05, 4.69) is 5.32 Å². The summed E-state index contributed by atoms with van der Waals surface area (Å²) < 4.78 is 10.8. The first-order valence-corrected chi connectivity index (χ1v) is 5.90. The molecule has 5 heteroatoms. The van der Waals surface area contributed by atoms with E-state index in [-0.39, 0.29) is 6.42 Å². The number of benzene rings is 1. The Hall–Kier alpha value is -1.75. The van der Waals surface area contributed by atoms with Gasteiger partial charge in [0.05, 0.1) is 20.1 Å². The van der Waals surface area contributed by atoms with Crippen LogP contribution in [-0.2, 0) is 11.3 Å². The summed E-state index contributed by atoms with van der Waals surface area (Å²) in [7, 11) is 1.60. The van der Waals surface area contributed by atoms with Gasteiger partial charge in [-0.3, -0.25) is 4.79 Å². The van der Waals surface area contributed by atoms with Gasteiger partial charge in [0.15, 0.2) is 11.5 Å². The molecule has 5 nitrogen and oxygen atoms in total. The molecule has 0 heterocycles. The predicted molar refractivity (Wildman–Crippen MR) is 68.1 cm³/mol. The highest BCUT2D eigenvalue weighted by Gasteiger charge is 2.09. The summed E-state index contributed by atoms with van der Waals surface area (Å²) in [5, 5.41) is 11.6. The van der Waals surface area contributed by atoms with Crippen molar-refractivity contribution in [3.63, 3.8) is 0 Å². The highest BCUT2D eigenvalue weighted by molar-refractivity contribution is 5.66. The molecular formula is C13H19NO4. The lowest BCUT2D eigenvalue weighted by Gasteiger charge is -2.13. The molecule has 1 aromatic carbocycles. The first-order valence-electron chi connectivity index (χ1n) is 5.90. The van der Waals surface area contributed by atoms with Gasteiger partial charge < -0.3 is 19.9 Å². The number of hydrogen-bond acceptors (Lipinski definition) is 4. The van der Waals surface area contributed by atoms with Crippen LogP contribution in [0, 0.1) is 0 Å². The van der Waals surface area contributed by atoms with E-state index in [9.17, 15) is 4.79 Å². The number of nitrogens with one attached hydrogen (secondary N) is 1. The van der Waals surface area contributed by atoms with Crippen molar-refractivity contribution in [2.24, 2.45) is 0 Å². The van der Waals surface area contributed by atoms with Crippen LogP contribution in [0.3, 0.4) is 0 Å². The molecular weight excluding hydrogens is 234 g/mol. The van der Waals surface area contributed by atoms with Gasteiger partial charge in [0.2, 0.25) is 0 Å². The van der Waals surface area contributed by atoms with E-state index >= 15 is 0 Å². The van der Waals surface area contributed by atoms with Gasteiger partial charge in [0.1, 0.15) is 0 Å². The molecule has 0 bridgehead atoms. The smallest absolute Gasteiger partial charge is 0.304 e. The number of aliphatic carboxylic acids is 1. The predicted octanol–water partition coefficient (Wildman–Crippen LogP) is 1.66. The number of rotatable bonds is 8. The molecule has 0 aliphatic rings. The summed E-state index contributed by atoms with van der Waals surface area (Å²) in [6.45, 7) is 3.47. The van der Waals surface area contributed by atoms with Gasteiger partial charge in [0, 0.05) is 18.7 Å². The Labute approximate surface area is 107 Å². The first-order chi connectivity index (χ1) is 8.69. The van der Waals surface area contributed by atoms with Gasteiger partial charge in [-0.05, 0) is 13.0 Å². The zero-order chi connectivity index (χ0) is 13.4. The van der Waals surface area contributed by atoms with E-state index in [1.807, 2.05) is 25.1 Å². The van der Waals surface area contributed by atoms with Crippen LogP contribution in [0.4, 0.5) is 0 Å².